The van der Waals surface area contributed by atoms with Crippen LogP contribution in [-0.2, 0) is 27.8 Å². The quantitative estimate of drug-likeness (QED) is 0.730. The Labute approximate surface area is 155 Å². The Bertz CT molecular complexity index is 1040. The number of anilines is 1. The molecule has 0 saturated carbocycles. The summed E-state index contributed by atoms with van der Waals surface area (Å²) in [7, 11) is -3.88. The molecule has 6 nitrogen and oxygen atoms in total. The van der Waals surface area contributed by atoms with E-state index in [1.165, 1.54) is 15.6 Å². The standard InChI is InChI=1S/C18H17N3O3S2/c22-17(9-10-18-19-14-6-2-4-8-16(14)25-18)20-26(23,24)21-12-11-13-5-1-3-7-15(13)21/h1-8H,9-12H2,(H,20,22). The molecule has 0 fully saturated rings. The molecule has 1 N–H and O–H groups in total. The van der Waals surface area contributed by atoms with E-state index in [-0.39, 0.29) is 6.42 Å². The van der Waals surface area contributed by atoms with Gasteiger partial charge in [-0.2, -0.15) is 8.42 Å². The summed E-state index contributed by atoms with van der Waals surface area (Å²) in [4.78, 5) is 16.6. The van der Waals surface area contributed by atoms with Crippen LogP contribution < -0.4 is 9.03 Å². The fourth-order valence-electron chi connectivity index (χ4n) is 3.05. The van der Waals surface area contributed by atoms with Crippen LogP contribution in [-0.4, -0.2) is 25.9 Å². The van der Waals surface area contributed by atoms with E-state index >= 15 is 0 Å². The second-order valence-electron chi connectivity index (χ2n) is 6.06. The number of nitrogens with zero attached hydrogens (tertiary/aromatic N) is 2. The zero-order valence-electron chi connectivity index (χ0n) is 13.9. The predicted molar refractivity (Wildman–Crippen MR) is 102 cm³/mol. The number of fused-ring (bicyclic) bond motifs is 2. The Kier molecular flexibility index (Phi) is 4.37. The molecule has 0 radical (unpaired) electrons. The first kappa shape index (κ1) is 17.0. The Morgan fingerprint density at radius 1 is 1.15 bits per heavy atom. The van der Waals surface area contributed by atoms with Crippen molar-refractivity contribution in [1.29, 1.82) is 0 Å². The van der Waals surface area contributed by atoms with E-state index < -0.39 is 16.1 Å². The number of carbonyl (C=O) groups is 1. The number of amides is 1. The molecular weight excluding hydrogens is 370 g/mol. The average Bonchev–Trinajstić information content (AvgIpc) is 3.23. The van der Waals surface area contributed by atoms with Gasteiger partial charge in [0.2, 0.25) is 5.91 Å². The third kappa shape index (κ3) is 3.30. The van der Waals surface area contributed by atoms with Crippen LogP contribution in [0.1, 0.15) is 17.0 Å². The summed E-state index contributed by atoms with van der Waals surface area (Å²) < 4.78 is 29.6. The second kappa shape index (κ2) is 6.69. The number of carbonyl (C=O) groups excluding carboxylic acids is 1. The van der Waals surface area contributed by atoms with Crippen molar-refractivity contribution in [1.82, 2.24) is 9.71 Å². The van der Waals surface area contributed by atoms with Gasteiger partial charge in [-0.3, -0.25) is 9.10 Å². The SMILES string of the molecule is O=C(CCc1nc2ccccc2s1)NS(=O)(=O)N1CCc2ccccc21. The minimum atomic E-state index is -3.88. The third-order valence-electron chi connectivity index (χ3n) is 4.28. The molecule has 2 aromatic carbocycles. The number of hydrogen-bond acceptors (Lipinski definition) is 5. The van der Waals surface area contributed by atoms with Crippen molar-refractivity contribution in [2.45, 2.75) is 19.3 Å². The highest BCUT2D eigenvalue weighted by Gasteiger charge is 2.30. The number of aromatic nitrogens is 1. The van der Waals surface area contributed by atoms with E-state index in [1.54, 1.807) is 12.1 Å². The van der Waals surface area contributed by atoms with Gasteiger partial charge >= 0.3 is 10.2 Å². The number of nitrogens with one attached hydrogen (secondary N) is 1. The van der Waals surface area contributed by atoms with Crippen LogP contribution in [0, 0.1) is 0 Å². The highest BCUT2D eigenvalue weighted by Crippen LogP contribution is 2.29. The van der Waals surface area contributed by atoms with E-state index in [4.69, 9.17) is 0 Å². The van der Waals surface area contributed by atoms with Gasteiger partial charge in [-0.15, -0.1) is 11.3 Å². The molecule has 1 aromatic heterocycles. The van der Waals surface area contributed by atoms with Crippen molar-refractivity contribution >= 4 is 43.4 Å². The molecule has 8 heteroatoms. The summed E-state index contributed by atoms with van der Waals surface area (Å²) in [6, 6.07) is 15.1. The predicted octanol–water partition coefficient (Wildman–Crippen LogP) is 2.65. The van der Waals surface area contributed by atoms with Crippen LogP contribution in [0.4, 0.5) is 5.69 Å². The lowest BCUT2D eigenvalue weighted by molar-refractivity contribution is -0.119. The maximum absolute atomic E-state index is 12.5. The molecule has 134 valence electrons. The molecule has 2 heterocycles. The Balaban J connectivity index is 1.41. The van der Waals surface area contributed by atoms with E-state index in [2.05, 4.69) is 9.71 Å². The normalized spacial score (nSPS) is 13.8. The molecule has 3 aromatic rings. The molecule has 4 rings (SSSR count). The Morgan fingerprint density at radius 3 is 2.77 bits per heavy atom. The van der Waals surface area contributed by atoms with E-state index in [9.17, 15) is 13.2 Å². The highest BCUT2D eigenvalue weighted by atomic mass is 32.2. The zero-order valence-corrected chi connectivity index (χ0v) is 15.5. The summed E-state index contributed by atoms with van der Waals surface area (Å²) in [5.41, 5.74) is 2.51. The minimum Gasteiger partial charge on any atom is -0.274 e. The number of thiazole rings is 1. The molecule has 26 heavy (non-hydrogen) atoms. The molecule has 0 spiro atoms. The van der Waals surface area contributed by atoms with Crippen LogP contribution in [0.2, 0.25) is 0 Å². The van der Waals surface area contributed by atoms with Gasteiger partial charge in [0.05, 0.1) is 20.9 Å². The largest absolute Gasteiger partial charge is 0.326 e. The van der Waals surface area contributed by atoms with Gasteiger partial charge in [0.15, 0.2) is 0 Å². The average molecular weight is 387 g/mol. The Morgan fingerprint density at radius 2 is 1.92 bits per heavy atom. The van der Waals surface area contributed by atoms with Gasteiger partial charge in [0.1, 0.15) is 0 Å². The van der Waals surface area contributed by atoms with E-state index in [1.807, 2.05) is 36.4 Å². The minimum absolute atomic E-state index is 0.0779. The molecule has 0 bridgehead atoms. The molecular formula is C18H17N3O3S2. The van der Waals surface area contributed by atoms with Gasteiger partial charge in [0.25, 0.3) is 0 Å². The number of benzene rings is 2. The van der Waals surface area contributed by atoms with Gasteiger partial charge in [0, 0.05) is 19.4 Å². The third-order valence-corrected chi connectivity index (χ3v) is 6.82. The van der Waals surface area contributed by atoms with E-state index in [0.717, 1.165) is 20.8 Å². The van der Waals surface area contributed by atoms with Crippen molar-refractivity contribution < 1.29 is 13.2 Å². The van der Waals surface area contributed by atoms with Crippen molar-refractivity contribution in [3.63, 3.8) is 0 Å². The fraction of sp³-hybridized carbons (Fsp3) is 0.222. The summed E-state index contributed by atoms with van der Waals surface area (Å²) in [5.74, 6) is -0.520. The lowest BCUT2D eigenvalue weighted by Gasteiger charge is -2.19. The number of aryl methyl sites for hydroxylation is 1. The smallest absolute Gasteiger partial charge is 0.274 e. The van der Waals surface area contributed by atoms with E-state index in [0.29, 0.717) is 25.1 Å². The zero-order chi connectivity index (χ0) is 18.1. The van der Waals surface area contributed by atoms with Crippen molar-refractivity contribution in [3.8, 4) is 0 Å². The van der Waals surface area contributed by atoms with Crippen LogP contribution in [0.15, 0.2) is 48.5 Å². The molecule has 1 aliphatic heterocycles. The Hall–Kier alpha value is -2.45. The summed E-state index contributed by atoms with van der Waals surface area (Å²) in [5, 5.41) is 0.824. The summed E-state index contributed by atoms with van der Waals surface area (Å²) >= 11 is 1.52. The molecule has 0 aliphatic carbocycles. The van der Waals surface area contributed by atoms with Gasteiger partial charge in [-0.05, 0) is 30.2 Å². The first-order chi connectivity index (χ1) is 12.5. The van der Waals surface area contributed by atoms with Crippen LogP contribution >= 0.6 is 11.3 Å². The maximum atomic E-state index is 12.5. The van der Waals surface area contributed by atoms with Gasteiger partial charge < -0.3 is 0 Å². The number of para-hydroxylation sites is 2. The van der Waals surface area contributed by atoms with Crippen LogP contribution in [0.3, 0.4) is 0 Å². The van der Waals surface area contributed by atoms with Crippen molar-refractivity contribution in [2.24, 2.45) is 0 Å². The maximum Gasteiger partial charge on any atom is 0.326 e. The molecule has 0 unspecified atom stereocenters. The van der Waals surface area contributed by atoms with Crippen molar-refractivity contribution in [2.75, 3.05) is 10.8 Å². The topological polar surface area (TPSA) is 79.4 Å². The highest BCUT2D eigenvalue weighted by molar-refractivity contribution is 7.91. The van der Waals surface area contributed by atoms with Gasteiger partial charge in [-0.25, -0.2) is 9.71 Å². The lowest BCUT2D eigenvalue weighted by Crippen LogP contribution is -2.42. The van der Waals surface area contributed by atoms with Crippen LogP contribution in [0.5, 0.6) is 0 Å². The first-order valence-corrected chi connectivity index (χ1v) is 10.5. The summed E-state index contributed by atoms with van der Waals surface area (Å²) in [6.45, 7) is 0.347. The molecule has 1 aliphatic rings. The number of hydrogen-bond donors (Lipinski definition) is 1. The monoisotopic (exact) mass is 387 g/mol. The van der Waals surface area contributed by atoms with Gasteiger partial charge in [-0.1, -0.05) is 30.3 Å². The second-order valence-corrected chi connectivity index (χ2v) is 8.77. The molecule has 0 saturated heterocycles. The van der Waals surface area contributed by atoms with Crippen LogP contribution in [0.25, 0.3) is 10.2 Å². The fourth-order valence-corrected chi connectivity index (χ4v) is 5.29. The number of rotatable bonds is 5. The summed E-state index contributed by atoms with van der Waals surface area (Å²) in [6.07, 6.45) is 1.14. The first-order valence-electron chi connectivity index (χ1n) is 8.28. The van der Waals surface area contributed by atoms with Crippen molar-refractivity contribution in [3.05, 3.63) is 59.1 Å². The lowest BCUT2D eigenvalue weighted by atomic mass is 10.2. The molecule has 0 atom stereocenters. The molecule has 1 amide bonds.